The van der Waals surface area contributed by atoms with Crippen LogP contribution >= 0.6 is 0 Å². The number of carbonyl (C=O) groups is 1. The molecule has 0 radical (unpaired) electrons. The lowest BCUT2D eigenvalue weighted by molar-refractivity contribution is -0.384. The molecule has 168 valence electrons. The monoisotopic (exact) mass is 453 g/mol. The number of nitriles is 1. The lowest BCUT2D eigenvalue weighted by atomic mass is 9.72. The predicted octanol–water partition coefficient (Wildman–Crippen LogP) is 3.41. The maximum atomic E-state index is 13.7. The Morgan fingerprint density at radius 1 is 1.15 bits per heavy atom. The average molecular weight is 453 g/mol. The number of carbonyl (C=O) groups excluding carboxylic acids is 1. The SMILES string of the molecule is N#CC1=C(N)N(c2ncn[nH]2)C2=C(C(=O)C[C@H](c3ccccc3)C2)[C@@H]1c1cccc([N+](=O)[O-])c1. The van der Waals surface area contributed by atoms with E-state index in [1.807, 2.05) is 30.3 Å². The molecule has 1 aliphatic heterocycles. The summed E-state index contributed by atoms with van der Waals surface area (Å²) in [6, 6.07) is 17.8. The number of non-ortho nitro benzene ring substituents is 1. The van der Waals surface area contributed by atoms with Crippen molar-refractivity contribution in [3.63, 3.8) is 0 Å². The van der Waals surface area contributed by atoms with Gasteiger partial charge in [-0.25, -0.2) is 5.10 Å². The molecule has 3 N–H and O–H groups in total. The number of Topliss-reactive ketones (excluding diaryl/α,β-unsaturated/α-hetero) is 1. The van der Waals surface area contributed by atoms with Gasteiger partial charge in [0.15, 0.2) is 5.78 Å². The molecule has 5 rings (SSSR count). The second kappa shape index (κ2) is 8.29. The normalized spacial score (nSPS) is 20.2. The molecule has 0 saturated carbocycles. The zero-order valence-electron chi connectivity index (χ0n) is 17.9. The minimum absolute atomic E-state index is 0.0972. The van der Waals surface area contributed by atoms with Crippen LogP contribution in [0, 0.1) is 21.4 Å². The van der Waals surface area contributed by atoms with Crippen LogP contribution in [0.5, 0.6) is 0 Å². The van der Waals surface area contributed by atoms with Gasteiger partial charge in [0.2, 0.25) is 5.95 Å². The minimum Gasteiger partial charge on any atom is -0.384 e. The maximum Gasteiger partial charge on any atom is 0.269 e. The van der Waals surface area contributed by atoms with Crippen LogP contribution in [-0.4, -0.2) is 25.9 Å². The van der Waals surface area contributed by atoms with E-state index in [-0.39, 0.29) is 41.2 Å². The van der Waals surface area contributed by atoms with Gasteiger partial charge in [0.05, 0.1) is 22.5 Å². The van der Waals surface area contributed by atoms with E-state index in [0.717, 1.165) is 5.56 Å². The third-order valence-electron chi connectivity index (χ3n) is 6.27. The number of nitro groups is 1. The summed E-state index contributed by atoms with van der Waals surface area (Å²) < 4.78 is 0. The van der Waals surface area contributed by atoms with Crippen molar-refractivity contribution in [1.82, 2.24) is 15.2 Å². The number of ketones is 1. The fourth-order valence-electron chi connectivity index (χ4n) is 4.79. The van der Waals surface area contributed by atoms with Gasteiger partial charge in [0, 0.05) is 29.8 Å². The molecule has 2 heterocycles. The maximum absolute atomic E-state index is 13.7. The van der Waals surface area contributed by atoms with Gasteiger partial charge in [0.25, 0.3) is 5.69 Å². The van der Waals surface area contributed by atoms with E-state index in [2.05, 4.69) is 21.3 Å². The molecule has 0 amide bonds. The molecule has 0 unspecified atom stereocenters. The number of nitrogens with zero attached hydrogens (tertiary/aromatic N) is 5. The van der Waals surface area contributed by atoms with E-state index < -0.39 is 10.8 Å². The summed E-state index contributed by atoms with van der Waals surface area (Å²) >= 11 is 0. The molecule has 1 aliphatic carbocycles. The van der Waals surface area contributed by atoms with Crippen molar-refractivity contribution in [2.24, 2.45) is 5.73 Å². The highest BCUT2D eigenvalue weighted by Gasteiger charge is 2.43. The summed E-state index contributed by atoms with van der Waals surface area (Å²) in [4.78, 5) is 30.3. The lowest BCUT2D eigenvalue weighted by Crippen LogP contribution is -2.40. The number of nitro benzene ring substituents is 1. The first kappa shape index (κ1) is 21.1. The van der Waals surface area contributed by atoms with Gasteiger partial charge in [-0.1, -0.05) is 42.5 Å². The second-order valence-corrected chi connectivity index (χ2v) is 8.14. The van der Waals surface area contributed by atoms with Gasteiger partial charge in [-0.15, -0.1) is 0 Å². The van der Waals surface area contributed by atoms with E-state index in [1.165, 1.54) is 18.5 Å². The molecule has 10 heteroatoms. The molecule has 0 bridgehead atoms. The number of H-pyrrole nitrogens is 1. The first-order valence-corrected chi connectivity index (χ1v) is 10.6. The smallest absolute Gasteiger partial charge is 0.269 e. The molecule has 2 atom stereocenters. The number of aromatic amines is 1. The highest BCUT2D eigenvalue weighted by molar-refractivity contribution is 6.01. The van der Waals surface area contributed by atoms with Gasteiger partial charge >= 0.3 is 0 Å². The molecule has 0 saturated heterocycles. The Hall–Kier alpha value is -4.78. The van der Waals surface area contributed by atoms with Crippen molar-refractivity contribution in [3.05, 3.63) is 105 Å². The standard InChI is InChI=1S/C24H19N7O3/c25-12-18-21(15-7-4-8-17(9-15)31(33)34)22-19(30(23(18)26)24-27-13-28-29-24)10-16(11-20(22)32)14-5-2-1-3-6-14/h1-9,13,16,21H,10-11,26H2,(H,27,28,29)/t16-,21-/m1/s1. The Bertz CT molecular complexity index is 1390. The van der Waals surface area contributed by atoms with E-state index in [1.54, 1.807) is 17.0 Å². The first-order chi connectivity index (χ1) is 16.5. The summed E-state index contributed by atoms with van der Waals surface area (Å²) in [5, 5.41) is 28.1. The van der Waals surface area contributed by atoms with Crippen LogP contribution in [0.4, 0.5) is 11.6 Å². The molecular formula is C24H19N7O3. The number of anilines is 1. The van der Waals surface area contributed by atoms with Crippen molar-refractivity contribution in [2.45, 2.75) is 24.7 Å². The number of nitrogens with one attached hydrogen (secondary N) is 1. The fraction of sp³-hybridized carbons (Fsp3) is 0.167. The number of aromatic nitrogens is 3. The summed E-state index contributed by atoms with van der Waals surface area (Å²) in [6.45, 7) is 0. The van der Waals surface area contributed by atoms with Crippen LogP contribution in [0.15, 0.2) is 83.6 Å². The third kappa shape index (κ3) is 3.40. The number of rotatable bonds is 4. The van der Waals surface area contributed by atoms with Crippen molar-refractivity contribution in [2.75, 3.05) is 4.90 Å². The van der Waals surface area contributed by atoms with Crippen LogP contribution in [0.3, 0.4) is 0 Å². The van der Waals surface area contributed by atoms with Gasteiger partial charge in [-0.2, -0.15) is 15.3 Å². The summed E-state index contributed by atoms with van der Waals surface area (Å²) in [5.41, 5.74) is 8.99. The zero-order valence-corrected chi connectivity index (χ0v) is 17.9. The Morgan fingerprint density at radius 2 is 1.91 bits per heavy atom. The zero-order chi connectivity index (χ0) is 23.8. The Morgan fingerprint density at radius 3 is 2.59 bits per heavy atom. The Balaban J connectivity index is 1.72. The average Bonchev–Trinajstić information content (AvgIpc) is 3.38. The van der Waals surface area contributed by atoms with Gasteiger partial charge in [-0.05, 0) is 23.5 Å². The van der Waals surface area contributed by atoms with Crippen LogP contribution in [-0.2, 0) is 4.79 Å². The number of nitrogens with two attached hydrogens (primary N) is 1. The third-order valence-corrected chi connectivity index (χ3v) is 6.27. The Labute approximate surface area is 194 Å². The predicted molar refractivity (Wildman–Crippen MR) is 122 cm³/mol. The molecule has 10 nitrogen and oxygen atoms in total. The van der Waals surface area contributed by atoms with Gasteiger partial charge in [0.1, 0.15) is 12.1 Å². The lowest BCUT2D eigenvalue weighted by Gasteiger charge is -2.40. The van der Waals surface area contributed by atoms with E-state index >= 15 is 0 Å². The topological polar surface area (TPSA) is 155 Å². The minimum atomic E-state index is -0.816. The van der Waals surface area contributed by atoms with E-state index in [4.69, 9.17) is 5.73 Å². The number of allylic oxidation sites excluding steroid dienone is 3. The number of hydrogen-bond donors (Lipinski definition) is 2. The Kier molecular flexibility index (Phi) is 5.14. The largest absolute Gasteiger partial charge is 0.384 e. The molecule has 3 aromatic rings. The van der Waals surface area contributed by atoms with E-state index in [0.29, 0.717) is 23.3 Å². The number of benzene rings is 2. The van der Waals surface area contributed by atoms with Crippen molar-refractivity contribution < 1.29 is 9.72 Å². The van der Waals surface area contributed by atoms with Gasteiger partial charge < -0.3 is 5.73 Å². The van der Waals surface area contributed by atoms with Crippen LogP contribution in [0.1, 0.15) is 35.8 Å². The molecule has 0 fully saturated rings. The first-order valence-electron chi connectivity index (χ1n) is 10.6. The quantitative estimate of drug-likeness (QED) is 0.450. The van der Waals surface area contributed by atoms with Crippen LogP contribution < -0.4 is 10.6 Å². The van der Waals surface area contributed by atoms with Gasteiger partial charge in [-0.3, -0.25) is 19.8 Å². The van der Waals surface area contributed by atoms with Crippen LogP contribution in [0.2, 0.25) is 0 Å². The molecule has 2 aromatic carbocycles. The summed E-state index contributed by atoms with van der Waals surface area (Å²) in [5.74, 6) is -0.660. The van der Waals surface area contributed by atoms with Crippen molar-refractivity contribution >= 4 is 17.4 Å². The second-order valence-electron chi connectivity index (χ2n) is 8.14. The van der Waals surface area contributed by atoms with Crippen molar-refractivity contribution in [3.8, 4) is 6.07 Å². The molecule has 1 aromatic heterocycles. The van der Waals surface area contributed by atoms with Crippen LogP contribution in [0.25, 0.3) is 0 Å². The van der Waals surface area contributed by atoms with E-state index in [9.17, 15) is 20.2 Å². The molecular weight excluding hydrogens is 434 g/mol. The highest BCUT2D eigenvalue weighted by Crippen LogP contribution is 2.48. The number of hydrogen-bond acceptors (Lipinski definition) is 8. The summed E-state index contributed by atoms with van der Waals surface area (Å²) in [7, 11) is 0. The van der Waals surface area contributed by atoms with Crippen molar-refractivity contribution in [1.29, 1.82) is 5.26 Å². The summed E-state index contributed by atoms with van der Waals surface area (Å²) in [6.07, 6.45) is 2.04. The molecule has 34 heavy (non-hydrogen) atoms. The molecule has 2 aliphatic rings. The molecule has 0 spiro atoms. The highest BCUT2D eigenvalue weighted by atomic mass is 16.6. The fourth-order valence-corrected chi connectivity index (χ4v) is 4.79.